The van der Waals surface area contributed by atoms with Crippen molar-refractivity contribution in [2.75, 3.05) is 20.1 Å². The maximum absolute atomic E-state index is 12.4. The van der Waals surface area contributed by atoms with Gasteiger partial charge < -0.3 is 9.32 Å². The molecule has 1 atom stereocenters. The Hall–Kier alpha value is -2.08. The molecular formula is C16H22N4O2. The zero-order valence-corrected chi connectivity index (χ0v) is 13.1. The summed E-state index contributed by atoms with van der Waals surface area (Å²) in [4.78, 5) is 16.4. The van der Waals surface area contributed by atoms with Crippen molar-refractivity contribution in [1.82, 2.24) is 19.6 Å². The lowest BCUT2D eigenvalue weighted by atomic mass is 10.1. The maximum atomic E-state index is 12.4. The van der Waals surface area contributed by atoms with Crippen molar-refractivity contribution in [3.8, 4) is 0 Å². The number of amides is 1. The van der Waals surface area contributed by atoms with E-state index in [0.29, 0.717) is 19.1 Å². The van der Waals surface area contributed by atoms with Gasteiger partial charge in [-0.2, -0.15) is 5.10 Å². The number of likely N-dealkylation sites (tertiary alicyclic amines) is 1. The van der Waals surface area contributed by atoms with Crippen molar-refractivity contribution in [2.24, 2.45) is 7.05 Å². The lowest BCUT2D eigenvalue weighted by molar-refractivity contribution is -0.132. The second-order valence-electron chi connectivity index (χ2n) is 5.91. The van der Waals surface area contributed by atoms with E-state index in [1.165, 1.54) is 5.56 Å². The summed E-state index contributed by atoms with van der Waals surface area (Å²) >= 11 is 0. The Morgan fingerprint density at radius 1 is 1.55 bits per heavy atom. The van der Waals surface area contributed by atoms with Crippen LogP contribution in [0.3, 0.4) is 0 Å². The first-order chi connectivity index (χ1) is 10.6. The Bertz CT molecular complexity index is 620. The third kappa shape index (κ3) is 3.22. The van der Waals surface area contributed by atoms with Gasteiger partial charge >= 0.3 is 0 Å². The molecular weight excluding hydrogens is 280 g/mol. The van der Waals surface area contributed by atoms with E-state index < -0.39 is 0 Å². The van der Waals surface area contributed by atoms with Crippen LogP contribution >= 0.6 is 0 Å². The minimum absolute atomic E-state index is 0.118. The van der Waals surface area contributed by atoms with E-state index in [4.69, 9.17) is 4.42 Å². The van der Waals surface area contributed by atoms with Crippen molar-refractivity contribution >= 4 is 5.91 Å². The molecule has 0 N–H and O–H groups in total. The van der Waals surface area contributed by atoms with Crippen molar-refractivity contribution in [3.63, 3.8) is 0 Å². The maximum Gasteiger partial charge on any atom is 0.236 e. The molecule has 6 nitrogen and oxygen atoms in total. The van der Waals surface area contributed by atoms with Crippen LogP contribution in [0.2, 0.25) is 0 Å². The number of nitrogens with zero attached hydrogens (tertiary/aromatic N) is 4. The Kier molecular flexibility index (Phi) is 4.29. The number of aryl methyl sites for hydroxylation is 1. The molecule has 2 aromatic heterocycles. The Morgan fingerprint density at radius 3 is 3.09 bits per heavy atom. The number of hydrogen-bond donors (Lipinski definition) is 0. The zero-order valence-electron chi connectivity index (χ0n) is 13.1. The van der Waals surface area contributed by atoms with Crippen LogP contribution in [0.1, 0.15) is 30.2 Å². The molecule has 0 aromatic carbocycles. The van der Waals surface area contributed by atoms with Gasteiger partial charge in [0.05, 0.1) is 25.5 Å². The molecule has 1 aliphatic rings. The van der Waals surface area contributed by atoms with Crippen LogP contribution < -0.4 is 0 Å². The molecule has 22 heavy (non-hydrogen) atoms. The first-order valence-corrected chi connectivity index (χ1v) is 7.62. The molecule has 2 aromatic rings. The standard InChI is InChI=1S/C16H22N4O2/c1-18(11-14-5-4-8-22-14)16(21)12-20-7-3-6-15(20)13-9-17-19(2)10-13/h4-5,8-10,15H,3,6-7,11-12H2,1-2H3/t15-/m0/s1. The van der Waals surface area contributed by atoms with Crippen LogP contribution in [-0.2, 0) is 18.4 Å². The van der Waals surface area contributed by atoms with Crippen LogP contribution in [0.4, 0.5) is 0 Å². The van der Waals surface area contributed by atoms with Gasteiger partial charge in [-0.25, -0.2) is 0 Å². The smallest absolute Gasteiger partial charge is 0.236 e. The van der Waals surface area contributed by atoms with E-state index in [2.05, 4.69) is 10.00 Å². The number of likely N-dealkylation sites (N-methyl/N-ethyl adjacent to an activating group) is 1. The highest BCUT2D eigenvalue weighted by atomic mass is 16.3. The monoisotopic (exact) mass is 302 g/mol. The van der Waals surface area contributed by atoms with Gasteiger partial charge in [0.1, 0.15) is 5.76 Å². The predicted molar refractivity (Wildman–Crippen MR) is 81.9 cm³/mol. The fourth-order valence-electron chi connectivity index (χ4n) is 3.02. The van der Waals surface area contributed by atoms with E-state index in [9.17, 15) is 4.79 Å². The first kappa shape index (κ1) is 14.8. The van der Waals surface area contributed by atoms with Crippen LogP contribution in [-0.4, -0.2) is 45.6 Å². The van der Waals surface area contributed by atoms with E-state index in [1.54, 1.807) is 11.2 Å². The number of rotatable bonds is 5. The molecule has 0 radical (unpaired) electrons. The molecule has 0 bridgehead atoms. The molecule has 0 aliphatic carbocycles. The Morgan fingerprint density at radius 2 is 2.41 bits per heavy atom. The molecule has 1 fully saturated rings. The molecule has 1 aliphatic heterocycles. The minimum Gasteiger partial charge on any atom is -0.467 e. The lowest BCUT2D eigenvalue weighted by Crippen LogP contribution is -2.37. The molecule has 3 heterocycles. The molecule has 0 spiro atoms. The predicted octanol–water partition coefficient (Wildman–Crippen LogP) is 1.81. The Balaban J connectivity index is 1.60. The SMILES string of the molecule is CN(Cc1ccco1)C(=O)CN1CCC[C@H]1c1cnn(C)c1. The summed E-state index contributed by atoms with van der Waals surface area (Å²) in [5, 5.41) is 4.24. The molecule has 3 rings (SSSR count). The molecule has 118 valence electrons. The summed E-state index contributed by atoms with van der Waals surface area (Å²) in [6.07, 6.45) is 7.78. The molecule has 1 amide bonds. The number of furan rings is 1. The van der Waals surface area contributed by atoms with Gasteiger partial charge in [-0.3, -0.25) is 14.4 Å². The van der Waals surface area contributed by atoms with Gasteiger partial charge in [-0.05, 0) is 31.5 Å². The first-order valence-electron chi connectivity index (χ1n) is 7.62. The van der Waals surface area contributed by atoms with Gasteiger partial charge in [-0.1, -0.05) is 0 Å². The Labute approximate surface area is 130 Å². The third-order valence-corrected chi connectivity index (χ3v) is 4.21. The summed E-state index contributed by atoms with van der Waals surface area (Å²) in [5.41, 5.74) is 1.20. The van der Waals surface area contributed by atoms with E-state index in [0.717, 1.165) is 25.1 Å². The highest BCUT2D eigenvalue weighted by Crippen LogP contribution is 2.31. The highest BCUT2D eigenvalue weighted by molar-refractivity contribution is 5.78. The van der Waals surface area contributed by atoms with Crippen molar-refractivity contribution < 1.29 is 9.21 Å². The van der Waals surface area contributed by atoms with Gasteiger partial charge in [0, 0.05) is 31.9 Å². The van der Waals surface area contributed by atoms with Crippen molar-refractivity contribution in [3.05, 3.63) is 42.1 Å². The number of carbonyl (C=O) groups is 1. The van der Waals surface area contributed by atoms with Crippen LogP contribution in [0, 0.1) is 0 Å². The van der Waals surface area contributed by atoms with Crippen LogP contribution in [0.15, 0.2) is 35.2 Å². The fourth-order valence-corrected chi connectivity index (χ4v) is 3.02. The quantitative estimate of drug-likeness (QED) is 0.845. The average Bonchev–Trinajstić information content (AvgIpc) is 3.20. The molecule has 0 saturated carbocycles. The van der Waals surface area contributed by atoms with Gasteiger partial charge in [0.15, 0.2) is 0 Å². The number of carbonyl (C=O) groups excluding carboxylic acids is 1. The largest absolute Gasteiger partial charge is 0.467 e. The van der Waals surface area contributed by atoms with Crippen LogP contribution in [0.5, 0.6) is 0 Å². The zero-order chi connectivity index (χ0) is 15.5. The minimum atomic E-state index is 0.118. The topological polar surface area (TPSA) is 54.5 Å². The van der Waals surface area contributed by atoms with E-state index in [-0.39, 0.29) is 5.91 Å². The molecule has 6 heteroatoms. The lowest BCUT2D eigenvalue weighted by Gasteiger charge is -2.25. The van der Waals surface area contributed by atoms with E-state index in [1.807, 2.05) is 43.3 Å². The summed E-state index contributed by atoms with van der Waals surface area (Å²) in [7, 11) is 3.74. The summed E-state index contributed by atoms with van der Waals surface area (Å²) in [6, 6.07) is 4.03. The van der Waals surface area contributed by atoms with Gasteiger partial charge in [-0.15, -0.1) is 0 Å². The normalized spacial score (nSPS) is 18.7. The number of aromatic nitrogens is 2. The molecule has 1 saturated heterocycles. The van der Waals surface area contributed by atoms with Crippen LogP contribution in [0.25, 0.3) is 0 Å². The van der Waals surface area contributed by atoms with Crippen molar-refractivity contribution in [1.29, 1.82) is 0 Å². The third-order valence-electron chi connectivity index (χ3n) is 4.21. The van der Waals surface area contributed by atoms with E-state index >= 15 is 0 Å². The second kappa shape index (κ2) is 6.36. The average molecular weight is 302 g/mol. The highest BCUT2D eigenvalue weighted by Gasteiger charge is 2.29. The summed E-state index contributed by atoms with van der Waals surface area (Å²) in [5.74, 6) is 0.924. The second-order valence-corrected chi connectivity index (χ2v) is 5.91. The summed E-state index contributed by atoms with van der Waals surface area (Å²) in [6.45, 7) is 1.91. The summed E-state index contributed by atoms with van der Waals surface area (Å²) < 4.78 is 7.12. The fraction of sp³-hybridized carbons (Fsp3) is 0.500. The molecule has 0 unspecified atom stereocenters. The van der Waals surface area contributed by atoms with Gasteiger partial charge in [0.25, 0.3) is 0 Å². The number of hydrogen-bond acceptors (Lipinski definition) is 4. The van der Waals surface area contributed by atoms with Crippen molar-refractivity contribution in [2.45, 2.75) is 25.4 Å². The van der Waals surface area contributed by atoms with Gasteiger partial charge in [0.2, 0.25) is 5.91 Å².